The maximum absolute atomic E-state index is 8.96. The van der Waals surface area contributed by atoms with Crippen LogP contribution in [0.2, 0.25) is 0 Å². The summed E-state index contributed by atoms with van der Waals surface area (Å²) in [4.78, 5) is 0. The zero-order valence-corrected chi connectivity index (χ0v) is 7.27. The summed E-state index contributed by atoms with van der Waals surface area (Å²) in [5.74, 6) is 0. The largest absolute Gasteiger partial charge is 0.378 e. The van der Waals surface area contributed by atoms with Gasteiger partial charge >= 0.3 is 0 Å². The normalized spacial score (nSPS) is 35.1. The van der Waals surface area contributed by atoms with Crippen LogP contribution in [0.4, 0.5) is 0 Å². The number of ether oxygens (including phenoxy) is 1. The van der Waals surface area contributed by atoms with Gasteiger partial charge in [0.2, 0.25) is 0 Å². The minimum atomic E-state index is -0.493. The van der Waals surface area contributed by atoms with E-state index in [0.29, 0.717) is 13.2 Å². The van der Waals surface area contributed by atoms with Crippen molar-refractivity contribution in [3.8, 4) is 6.07 Å². The first-order chi connectivity index (χ1) is 5.08. The van der Waals surface area contributed by atoms with E-state index >= 15 is 0 Å². The monoisotopic (exact) mass is 154 g/mol. The topological polar surface area (TPSA) is 45.0 Å². The van der Waals surface area contributed by atoms with Crippen LogP contribution in [-0.4, -0.2) is 25.8 Å². The SMILES string of the molecule is CNC1(C#N)COCC1(C)C. The van der Waals surface area contributed by atoms with Crippen molar-refractivity contribution < 1.29 is 4.74 Å². The summed E-state index contributed by atoms with van der Waals surface area (Å²) in [6.45, 7) is 5.23. The Kier molecular flexibility index (Phi) is 1.91. The fraction of sp³-hybridized carbons (Fsp3) is 0.875. The molecular weight excluding hydrogens is 140 g/mol. The molecule has 1 atom stereocenters. The van der Waals surface area contributed by atoms with Gasteiger partial charge in [0.15, 0.2) is 0 Å². The van der Waals surface area contributed by atoms with Gasteiger partial charge in [-0.05, 0) is 7.05 Å². The minimum absolute atomic E-state index is 0.0868. The molecule has 0 radical (unpaired) electrons. The highest BCUT2D eigenvalue weighted by Crippen LogP contribution is 2.36. The van der Waals surface area contributed by atoms with Crippen molar-refractivity contribution in [2.24, 2.45) is 5.41 Å². The van der Waals surface area contributed by atoms with Gasteiger partial charge in [-0.3, -0.25) is 0 Å². The Hall–Kier alpha value is -0.590. The smallest absolute Gasteiger partial charge is 0.137 e. The van der Waals surface area contributed by atoms with Crippen LogP contribution in [0.1, 0.15) is 13.8 Å². The van der Waals surface area contributed by atoms with Gasteiger partial charge in [-0.1, -0.05) is 13.8 Å². The lowest BCUT2D eigenvalue weighted by molar-refractivity contribution is 0.166. The second-order valence-electron chi connectivity index (χ2n) is 3.64. The molecule has 0 bridgehead atoms. The first kappa shape index (κ1) is 8.51. The van der Waals surface area contributed by atoms with E-state index < -0.39 is 5.54 Å². The minimum Gasteiger partial charge on any atom is -0.378 e. The van der Waals surface area contributed by atoms with Gasteiger partial charge < -0.3 is 10.1 Å². The Labute approximate surface area is 67.3 Å². The first-order valence-electron chi connectivity index (χ1n) is 3.76. The van der Waals surface area contributed by atoms with Crippen LogP contribution >= 0.6 is 0 Å². The molecule has 62 valence electrons. The van der Waals surface area contributed by atoms with Crippen LogP contribution in [0.3, 0.4) is 0 Å². The predicted octanol–water partition coefficient (Wildman–Crippen LogP) is 0.525. The molecule has 0 aromatic heterocycles. The molecule has 3 heteroatoms. The Bertz CT molecular complexity index is 195. The average Bonchev–Trinajstić information content (AvgIpc) is 2.26. The highest BCUT2D eigenvalue weighted by molar-refractivity contribution is 5.17. The van der Waals surface area contributed by atoms with E-state index in [2.05, 4.69) is 11.4 Å². The Morgan fingerprint density at radius 2 is 2.09 bits per heavy atom. The molecule has 0 saturated carbocycles. The molecule has 11 heavy (non-hydrogen) atoms. The number of nitrogens with one attached hydrogen (secondary N) is 1. The van der Waals surface area contributed by atoms with Crippen molar-refractivity contribution in [1.29, 1.82) is 5.26 Å². The molecule has 0 aromatic carbocycles. The number of nitriles is 1. The lowest BCUT2D eigenvalue weighted by atomic mass is 9.76. The summed E-state index contributed by atoms with van der Waals surface area (Å²) in [7, 11) is 1.81. The molecule has 1 fully saturated rings. The van der Waals surface area contributed by atoms with Crippen molar-refractivity contribution in [3.05, 3.63) is 0 Å². The third-order valence-corrected chi connectivity index (χ3v) is 2.55. The molecular formula is C8H14N2O. The van der Waals surface area contributed by atoms with Crippen LogP contribution in [0.25, 0.3) is 0 Å². The lowest BCUT2D eigenvalue weighted by Gasteiger charge is -2.32. The maximum Gasteiger partial charge on any atom is 0.137 e. The molecule has 1 aliphatic heterocycles. The summed E-state index contributed by atoms with van der Waals surface area (Å²) >= 11 is 0. The fourth-order valence-electron chi connectivity index (χ4n) is 1.43. The molecule has 1 saturated heterocycles. The van der Waals surface area contributed by atoms with Gasteiger partial charge in [0.1, 0.15) is 5.54 Å². The standard InChI is InChI=1S/C8H14N2O/c1-7(2)5-11-6-8(7,4-9)10-3/h10H,5-6H2,1-3H3. The Morgan fingerprint density at radius 3 is 2.27 bits per heavy atom. The predicted molar refractivity (Wildman–Crippen MR) is 42.0 cm³/mol. The Morgan fingerprint density at radius 1 is 1.45 bits per heavy atom. The second kappa shape index (κ2) is 2.47. The second-order valence-corrected chi connectivity index (χ2v) is 3.64. The van der Waals surface area contributed by atoms with E-state index in [9.17, 15) is 0 Å². The van der Waals surface area contributed by atoms with Crippen LogP contribution in [0, 0.1) is 16.7 Å². The molecule has 0 aromatic rings. The molecule has 1 heterocycles. The van der Waals surface area contributed by atoms with E-state index in [-0.39, 0.29) is 5.41 Å². The molecule has 1 aliphatic rings. The third kappa shape index (κ3) is 1.03. The lowest BCUT2D eigenvalue weighted by Crippen LogP contribution is -2.52. The zero-order chi connectivity index (χ0) is 8.54. The van der Waals surface area contributed by atoms with Gasteiger partial charge in [0, 0.05) is 5.41 Å². The van der Waals surface area contributed by atoms with Gasteiger partial charge in [-0.15, -0.1) is 0 Å². The Balaban J connectivity index is 2.93. The van der Waals surface area contributed by atoms with Crippen LogP contribution < -0.4 is 5.32 Å². The summed E-state index contributed by atoms with van der Waals surface area (Å²) in [6, 6.07) is 2.28. The molecule has 0 amide bonds. The maximum atomic E-state index is 8.96. The van der Waals surface area contributed by atoms with Crippen molar-refractivity contribution in [2.75, 3.05) is 20.3 Å². The van der Waals surface area contributed by atoms with E-state index in [1.54, 1.807) is 7.05 Å². The van der Waals surface area contributed by atoms with E-state index in [4.69, 9.17) is 10.00 Å². The van der Waals surface area contributed by atoms with Crippen molar-refractivity contribution in [2.45, 2.75) is 19.4 Å². The van der Waals surface area contributed by atoms with Gasteiger partial charge in [0.05, 0.1) is 19.3 Å². The van der Waals surface area contributed by atoms with Crippen LogP contribution in [-0.2, 0) is 4.74 Å². The van der Waals surface area contributed by atoms with Gasteiger partial charge in [-0.2, -0.15) is 5.26 Å². The van der Waals surface area contributed by atoms with Crippen LogP contribution in [0.5, 0.6) is 0 Å². The van der Waals surface area contributed by atoms with Crippen molar-refractivity contribution >= 4 is 0 Å². The van der Waals surface area contributed by atoms with E-state index in [1.807, 2.05) is 13.8 Å². The van der Waals surface area contributed by atoms with Crippen molar-refractivity contribution in [3.63, 3.8) is 0 Å². The summed E-state index contributed by atoms with van der Waals surface area (Å²) in [5, 5.41) is 12.0. The van der Waals surface area contributed by atoms with Gasteiger partial charge in [0.25, 0.3) is 0 Å². The zero-order valence-electron chi connectivity index (χ0n) is 7.27. The average molecular weight is 154 g/mol. The number of nitrogens with zero attached hydrogens (tertiary/aromatic N) is 1. The molecule has 0 aliphatic carbocycles. The van der Waals surface area contributed by atoms with Crippen LogP contribution in [0.15, 0.2) is 0 Å². The molecule has 1 unspecified atom stereocenters. The summed E-state index contributed by atoms with van der Waals surface area (Å²) in [6.07, 6.45) is 0. The molecule has 3 nitrogen and oxygen atoms in total. The number of hydrogen-bond acceptors (Lipinski definition) is 3. The quantitative estimate of drug-likeness (QED) is 0.599. The van der Waals surface area contributed by atoms with E-state index in [1.165, 1.54) is 0 Å². The first-order valence-corrected chi connectivity index (χ1v) is 3.76. The van der Waals surface area contributed by atoms with Gasteiger partial charge in [-0.25, -0.2) is 0 Å². The fourth-order valence-corrected chi connectivity index (χ4v) is 1.43. The molecule has 1 rings (SSSR count). The highest BCUT2D eigenvalue weighted by Gasteiger charge is 2.49. The summed E-state index contributed by atoms with van der Waals surface area (Å²) < 4.78 is 5.27. The van der Waals surface area contributed by atoms with E-state index in [0.717, 1.165) is 0 Å². The highest BCUT2D eigenvalue weighted by atomic mass is 16.5. The van der Waals surface area contributed by atoms with Crippen molar-refractivity contribution in [1.82, 2.24) is 5.32 Å². The molecule has 0 spiro atoms. The third-order valence-electron chi connectivity index (χ3n) is 2.55. The summed E-state index contributed by atoms with van der Waals surface area (Å²) in [5.41, 5.74) is -0.580. The number of hydrogen-bond donors (Lipinski definition) is 1. The molecule has 1 N–H and O–H groups in total. The number of rotatable bonds is 1. The number of likely N-dealkylation sites (N-methyl/N-ethyl adjacent to an activating group) is 1.